The zero-order valence-electron chi connectivity index (χ0n) is 20.0. The van der Waals surface area contributed by atoms with Gasteiger partial charge in [0.15, 0.2) is 0 Å². The number of rotatable bonds is 12. The van der Waals surface area contributed by atoms with E-state index in [0.29, 0.717) is 32.7 Å². The number of hydrogen-bond acceptors (Lipinski definition) is 5. The number of benzene rings is 2. The standard InChI is InChI=1S/C26H30N4O5/c1-27-15-6-10-24(27)19-29(18-21-8-4-3-5-9-21)25(31)20-28(16-7-17-35-2)26(32)22-11-13-23(14-12-22)30(33)34/h3-6,8-15H,7,16-20H2,1-2H3. The molecule has 0 bridgehead atoms. The van der Waals surface area contributed by atoms with Crippen molar-refractivity contribution in [3.8, 4) is 0 Å². The lowest BCUT2D eigenvalue weighted by atomic mass is 10.1. The molecule has 2 amide bonds. The Bertz CT molecular complexity index is 1130. The molecule has 2 aromatic carbocycles. The van der Waals surface area contributed by atoms with Gasteiger partial charge in [-0.15, -0.1) is 0 Å². The summed E-state index contributed by atoms with van der Waals surface area (Å²) in [6, 6.07) is 19.0. The average Bonchev–Trinajstić information content (AvgIpc) is 3.27. The van der Waals surface area contributed by atoms with Gasteiger partial charge in [0.2, 0.25) is 5.91 Å². The maximum absolute atomic E-state index is 13.5. The molecule has 0 saturated carbocycles. The highest BCUT2D eigenvalue weighted by Gasteiger charge is 2.23. The largest absolute Gasteiger partial charge is 0.385 e. The molecule has 0 aliphatic rings. The Kier molecular flexibility index (Phi) is 9.14. The van der Waals surface area contributed by atoms with Crippen LogP contribution in [0.15, 0.2) is 72.9 Å². The van der Waals surface area contributed by atoms with Crippen molar-refractivity contribution in [3.05, 3.63) is 99.9 Å². The molecular formula is C26H30N4O5. The van der Waals surface area contributed by atoms with E-state index in [0.717, 1.165) is 11.3 Å². The summed E-state index contributed by atoms with van der Waals surface area (Å²) in [5, 5.41) is 11.0. The third kappa shape index (κ3) is 7.25. The Morgan fingerprint density at radius 3 is 2.29 bits per heavy atom. The maximum Gasteiger partial charge on any atom is 0.269 e. The minimum Gasteiger partial charge on any atom is -0.385 e. The third-order valence-corrected chi connectivity index (χ3v) is 5.69. The first-order valence-electron chi connectivity index (χ1n) is 11.3. The number of hydrogen-bond donors (Lipinski definition) is 0. The molecule has 3 rings (SSSR count). The lowest BCUT2D eigenvalue weighted by Gasteiger charge is -2.28. The first-order valence-corrected chi connectivity index (χ1v) is 11.3. The second kappa shape index (κ2) is 12.5. The molecule has 9 heteroatoms. The van der Waals surface area contributed by atoms with Gasteiger partial charge in [-0.25, -0.2) is 0 Å². The number of non-ortho nitro benzene ring substituents is 1. The van der Waals surface area contributed by atoms with Crippen LogP contribution in [0.4, 0.5) is 5.69 Å². The van der Waals surface area contributed by atoms with E-state index >= 15 is 0 Å². The van der Waals surface area contributed by atoms with Gasteiger partial charge in [-0.3, -0.25) is 19.7 Å². The molecule has 0 N–H and O–H groups in total. The Morgan fingerprint density at radius 1 is 0.971 bits per heavy atom. The quantitative estimate of drug-likeness (QED) is 0.225. The van der Waals surface area contributed by atoms with Crippen LogP contribution >= 0.6 is 0 Å². The Balaban J connectivity index is 1.81. The Labute approximate surface area is 204 Å². The van der Waals surface area contributed by atoms with Crippen molar-refractivity contribution in [2.75, 3.05) is 26.8 Å². The second-order valence-corrected chi connectivity index (χ2v) is 8.22. The van der Waals surface area contributed by atoms with Crippen LogP contribution in [0.3, 0.4) is 0 Å². The number of aryl methyl sites for hydroxylation is 1. The van der Waals surface area contributed by atoms with E-state index in [-0.39, 0.29) is 29.6 Å². The predicted octanol–water partition coefficient (Wildman–Crippen LogP) is 3.64. The number of nitrogens with zero attached hydrogens (tertiary/aromatic N) is 4. The number of aromatic nitrogens is 1. The maximum atomic E-state index is 13.5. The normalized spacial score (nSPS) is 10.7. The smallest absolute Gasteiger partial charge is 0.269 e. The molecule has 1 aromatic heterocycles. The number of methoxy groups -OCH3 is 1. The second-order valence-electron chi connectivity index (χ2n) is 8.22. The van der Waals surface area contributed by atoms with E-state index in [1.165, 1.54) is 29.2 Å². The summed E-state index contributed by atoms with van der Waals surface area (Å²) < 4.78 is 7.09. The summed E-state index contributed by atoms with van der Waals surface area (Å²) in [7, 11) is 3.50. The number of nitro groups is 1. The summed E-state index contributed by atoms with van der Waals surface area (Å²) in [6.07, 6.45) is 2.48. The van der Waals surface area contributed by atoms with Crippen molar-refractivity contribution in [1.29, 1.82) is 0 Å². The van der Waals surface area contributed by atoms with Gasteiger partial charge in [-0.2, -0.15) is 0 Å². The van der Waals surface area contributed by atoms with Crippen LogP contribution in [0.2, 0.25) is 0 Å². The van der Waals surface area contributed by atoms with Crippen molar-refractivity contribution < 1.29 is 19.2 Å². The van der Waals surface area contributed by atoms with Crippen molar-refractivity contribution in [2.24, 2.45) is 7.05 Å². The van der Waals surface area contributed by atoms with E-state index in [4.69, 9.17) is 4.74 Å². The van der Waals surface area contributed by atoms with E-state index in [2.05, 4.69) is 0 Å². The van der Waals surface area contributed by atoms with Crippen LogP contribution in [-0.4, -0.2) is 57.9 Å². The number of amides is 2. The summed E-state index contributed by atoms with van der Waals surface area (Å²) >= 11 is 0. The van der Waals surface area contributed by atoms with Crippen LogP contribution < -0.4 is 0 Å². The van der Waals surface area contributed by atoms with E-state index in [1.807, 2.05) is 60.3 Å². The van der Waals surface area contributed by atoms with Gasteiger partial charge >= 0.3 is 0 Å². The third-order valence-electron chi connectivity index (χ3n) is 5.69. The highest BCUT2D eigenvalue weighted by atomic mass is 16.6. The summed E-state index contributed by atoms with van der Waals surface area (Å²) in [6.45, 7) is 1.45. The van der Waals surface area contributed by atoms with Crippen molar-refractivity contribution in [3.63, 3.8) is 0 Å². The van der Waals surface area contributed by atoms with Crippen molar-refractivity contribution in [2.45, 2.75) is 19.5 Å². The SMILES string of the molecule is COCCCN(CC(=O)N(Cc1ccccc1)Cc1cccn1C)C(=O)c1ccc([N+](=O)[O-])cc1. The van der Waals surface area contributed by atoms with Crippen LogP contribution in [0.5, 0.6) is 0 Å². The Morgan fingerprint density at radius 2 is 1.69 bits per heavy atom. The lowest BCUT2D eigenvalue weighted by Crippen LogP contribution is -2.43. The molecule has 35 heavy (non-hydrogen) atoms. The molecule has 9 nitrogen and oxygen atoms in total. The summed E-state index contributed by atoms with van der Waals surface area (Å²) in [5.41, 5.74) is 2.16. The molecule has 0 aliphatic heterocycles. The van der Waals surface area contributed by atoms with Crippen molar-refractivity contribution >= 4 is 17.5 Å². The monoisotopic (exact) mass is 478 g/mol. The minimum absolute atomic E-state index is 0.0971. The lowest BCUT2D eigenvalue weighted by molar-refractivity contribution is -0.384. The van der Waals surface area contributed by atoms with Crippen LogP contribution in [0.25, 0.3) is 0 Å². The predicted molar refractivity (Wildman–Crippen MR) is 132 cm³/mol. The first kappa shape index (κ1) is 25.6. The zero-order valence-corrected chi connectivity index (χ0v) is 20.0. The van der Waals surface area contributed by atoms with E-state index in [9.17, 15) is 19.7 Å². The fourth-order valence-corrected chi connectivity index (χ4v) is 3.72. The molecule has 1 heterocycles. The van der Waals surface area contributed by atoms with E-state index in [1.54, 1.807) is 12.0 Å². The first-order chi connectivity index (χ1) is 16.9. The highest BCUT2D eigenvalue weighted by molar-refractivity contribution is 5.96. The van der Waals surface area contributed by atoms with Crippen LogP contribution in [0.1, 0.15) is 28.0 Å². The number of carbonyl (C=O) groups is 2. The molecule has 0 unspecified atom stereocenters. The van der Waals surface area contributed by atoms with Gasteiger partial charge in [0.1, 0.15) is 6.54 Å². The fraction of sp³-hybridized carbons (Fsp3) is 0.308. The summed E-state index contributed by atoms with van der Waals surface area (Å²) in [4.78, 5) is 40.4. The molecule has 3 aromatic rings. The molecule has 0 fully saturated rings. The van der Waals surface area contributed by atoms with Crippen molar-refractivity contribution in [1.82, 2.24) is 14.4 Å². The van der Waals surface area contributed by atoms with Gasteiger partial charge in [-0.1, -0.05) is 30.3 Å². The number of carbonyl (C=O) groups excluding carboxylic acids is 2. The molecule has 184 valence electrons. The molecular weight excluding hydrogens is 448 g/mol. The van der Waals surface area contributed by atoms with Gasteiger partial charge in [-0.05, 0) is 36.2 Å². The zero-order chi connectivity index (χ0) is 25.2. The van der Waals surface area contributed by atoms with Gasteiger partial charge < -0.3 is 19.1 Å². The fourth-order valence-electron chi connectivity index (χ4n) is 3.72. The molecule has 0 saturated heterocycles. The molecule has 0 atom stereocenters. The summed E-state index contributed by atoms with van der Waals surface area (Å²) in [5.74, 6) is -0.550. The van der Waals surface area contributed by atoms with Crippen LogP contribution in [-0.2, 0) is 29.7 Å². The number of ether oxygens (including phenoxy) is 1. The Hall–Kier alpha value is -3.98. The highest BCUT2D eigenvalue weighted by Crippen LogP contribution is 2.16. The average molecular weight is 479 g/mol. The molecule has 0 aliphatic carbocycles. The molecule has 0 radical (unpaired) electrons. The van der Waals surface area contributed by atoms with Gasteiger partial charge in [0.25, 0.3) is 11.6 Å². The number of nitro benzene ring substituents is 1. The van der Waals surface area contributed by atoms with Gasteiger partial charge in [0.05, 0.1) is 11.5 Å². The van der Waals surface area contributed by atoms with Gasteiger partial charge in [0, 0.05) is 63.4 Å². The topological polar surface area (TPSA) is 97.9 Å². The minimum atomic E-state index is -0.515. The molecule has 0 spiro atoms. The van der Waals surface area contributed by atoms with E-state index < -0.39 is 4.92 Å². The van der Waals surface area contributed by atoms with Crippen LogP contribution in [0, 0.1) is 10.1 Å².